The van der Waals surface area contributed by atoms with Crippen molar-refractivity contribution in [2.24, 2.45) is 5.73 Å². The van der Waals surface area contributed by atoms with Crippen LogP contribution in [0.4, 0.5) is 0 Å². The van der Waals surface area contributed by atoms with E-state index in [-0.39, 0.29) is 6.04 Å². The van der Waals surface area contributed by atoms with Crippen LogP contribution < -0.4 is 10.5 Å². The quantitative estimate of drug-likeness (QED) is 0.793. The summed E-state index contributed by atoms with van der Waals surface area (Å²) >= 11 is 0. The van der Waals surface area contributed by atoms with Gasteiger partial charge in [0.1, 0.15) is 5.75 Å². The first kappa shape index (κ1) is 16.6. The molecule has 2 heteroatoms. The van der Waals surface area contributed by atoms with E-state index in [9.17, 15) is 0 Å². The molecule has 0 heterocycles. The fourth-order valence-electron chi connectivity index (χ4n) is 2.54. The van der Waals surface area contributed by atoms with Crippen LogP contribution >= 0.6 is 0 Å². The van der Waals surface area contributed by atoms with Crippen molar-refractivity contribution in [3.63, 3.8) is 0 Å². The van der Waals surface area contributed by atoms with Crippen LogP contribution in [-0.4, -0.2) is 6.61 Å². The van der Waals surface area contributed by atoms with Gasteiger partial charge in [-0.05, 0) is 54.5 Å². The van der Waals surface area contributed by atoms with Gasteiger partial charge in [-0.3, -0.25) is 0 Å². The van der Waals surface area contributed by atoms with Crippen molar-refractivity contribution in [2.45, 2.75) is 45.6 Å². The van der Waals surface area contributed by atoms with E-state index < -0.39 is 0 Å². The lowest BCUT2D eigenvalue weighted by atomic mass is 9.96. The van der Waals surface area contributed by atoms with E-state index in [0.717, 1.165) is 18.6 Å². The maximum Gasteiger partial charge on any atom is 0.119 e. The van der Waals surface area contributed by atoms with Gasteiger partial charge in [-0.2, -0.15) is 0 Å². The van der Waals surface area contributed by atoms with Crippen LogP contribution in [0.2, 0.25) is 0 Å². The smallest absolute Gasteiger partial charge is 0.119 e. The number of aryl methyl sites for hydroxylation is 1. The third-order valence-electron chi connectivity index (χ3n) is 4.01. The second-order valence-electron chi connectivity index (χ2n) is 6.04. The molecule has 0 radical (unpaired) electrons. The topological polar surface area (TPSA) is 35.2 Å². The molecule has 2 aromatic carbocycles. The zero-order valence-corrected chi connectivity index (χ0v) is 13.9. The Hall–Kier alpha value is -1.80. The van der Waals surface area contributed by atoms with Crippen LogP contribution in [0.1, 0.15) is 55.8 Å². The Morgan fingerprint density at radius 1 is 0.909 bits per heavy atom. The van der Waals surface area contributed by atoms with E-state index in [1.807, 2.05) is 19.1 Å². The molecule has 2 N–H and O–H groups in total. The third-order valence-corrected chi connectivity index (χ3v) is 4.01. The first-order valence-corrected chi connectivity index (χ1v) is 8.17. The minimum Gasteiger partial charge on any atom is -0.494 e. The highest BCUT2D eigenvalue weighted by atomic mass is 16.5. The highest BCUT2D eigenvalue weighted by molar-refractivity contribution is 5.29. The van der Waals surface area contributed by atoms with Crippen LogP contribution in [0, 0.1) is 0 Å². The molecule has 118 valence electrons. The van der Waals surface area contributed by atoms with Crippen molar-refractivity contribution in [1.82, 2.24) is 0 Å². The lowest BCUT2D eigenvalue weighted by Gasteiger charge is -2.14. The van der Waals surface area contributed by atoms with Gasteiger partial charge < -0.3 is 10.5 Å². The van der Waals surface area contributed by atoms with Crippen LogP contribution in [-0.2, 0) is 6.42 Å². The molecule has 2 nitrogen and oxygen atoms in total. The predicted molar refractivity (Wildman–Crippen MR) is 93.4 cm³/mol. The fraction of sp³-hybridized carbons (Fsp3) is 0.400. The fourth-order valence-corrected chi connectivity index (χ4v) is 2.54. The van der Waals surface area contributed by atoms with Crippen LogP contribution in [0.3, 0.4) is 0 Å². The van der Waals surface area contributed by atoms with Crippen molar-refractivity contribution >= 4 is 0 Å². The SMILES string of the molecule is CCOc1ccc(CCC(N)c2ccc(C(C)C)cc2)cc1. The van der Waals surface area contributed by atoms with Crippen molar-refractivity contribution in [3.8, 4) is 5.75 Å². The summed E-state index contributed by atoms with van der Waals surface area (Å²) in [4.78, 5) is 0. The molecular weight excluding hydrogens is 270 g/mol. The highest BCUT2D eigenvalue weighted by Gasteiger charge is 2.07. The van der Waals surface area contributed by atoms with Gasteiger partial charge in [0.25, 0.3) is 0 Å². The molecule has 1 unspecified atom stereocenters. The molecule has 0 aliphatic carbocycles. The number of hydrogen-bond donors (Lipinski definition) is 1. The van der Waals surface area contributed by atoms with E-state index in [2.05, 4.69) is 50.2 Å². The maximum atomic E-state index is 6.32. The number of nitrogens with two attached hydrogens (primary N) is 1. The number of hydrogen-bond acceptors (Lipinski definition) is 2. The summed E-state index contributed by atoms with van der Waals surface area (Å²) in [7, 11) is 0. The monoisotopic (exact) mass is 297 g/mol. The summed E-state index contributed by atoms with van der Waals surface area (Å²) in [5.74, 6) is 1.49. The van der Waals surface area contributed by atoms with Gasteiger partial charge in [-0.15, -0.1) is 0 Å². The Bertz CT molecular complexity index is 557. The van der Waals surface area contributed by atoms with Gasteiger partial charge in [0, 0.05) is 6.04 Å². The van der Waals surface area contributed by atoms with Crippen molar-refractivity contribution in [2.75, 3.05) is 6.61 Å². The first-order chi connectivity index (χ1) is 10.6. The molecule has 0 saturated carbocycles. The molecule has 0 fully saturated rings. The van der Waals surface area contributed by atoms with Gasteiger partial charge >= 0.3 is 0 Å². The largest absolute Gasteiger partial charge is 0.494 e. The number of ether oxygens (including phenoxy) is 1. The summed E-state index contributed by atoms with van der Waals surface area (Å²) in [5, 5.41) is 0. The molecule has 0 aromatic heterocycles. The number of rotatable bonds is 7. The summed E-state index contributed by atoms with van der Waals surface area (Å²) in [5.41, 5.74) is 10.2. The minimum absolute atomic E-state index is 0.0905. The van der Waals surface area contributed by atoms with Crippen molar-refractivity contribution < 1.29 is 4.74 Å². The minimum atomic E-state index is 0.0905. The Labute approximate surface area is 134 Å². The van der Waals surface area contributed by atoms with Crippen LogP contribution in [0.15, 0.2) is 48.5 Å². The molecule has 0 saturated heterocycles. The second kappa shape index (κ2) is 8.00. The standard InChI is InChI=1S/C20H27NO/c1-4-22-19-12-5-16(6-13-19)7-14-20(21)18-10-8-17(9-11-18)15(2)3/h5-6,8-13,15,20H,4,7,14,21H2,1-3H3. The zero-order chi connectivity index (χ0) is 15.9. The van der Waals surface area contributed by atoms with Gasteiger partial charge in [-0.1, -0.05) is 50.2 Å². The van der Waals surface area contributed by atoms with Gasteiger partial charge in [-0.25, -0.2) is 0 Å². The molecule has 0 aliphatic rings. The van der Waals surface area contributed by atoms with Gasteiger partial charge in [0.05, 0.1) is 6.61 Å². The van der Waals surface area contributed by atoms with Crippen molar-refractivity contribution in [3.05, 3.63) is 65.2 Å². The Morgan fingerprint density at radius 3 is 2.05 bits per heavy atom. The number of benzene rings is 2. The molecule has 0 spiro atoms. The zero-order valence-electron chi connectivity index (χ0n) is 13.9. The Morgan fingerprint density at radius 2 is 1.50 bits per heavy atom. The lowest BCUT2D eigenvalue weighted by Crippen LogP contribution is -2.11. The molecular formula is C20H27NO. The summed E-state index contributed by atoms with van der Waals surface area (Å²) in [6.07, 6.45) is 1.94. The predicted octanol–water partition coefficient (Wildman–Crippen LogP) is 4.84. The summed E-state index contributed by atoms with van der Waals surface area (Å²) in [6.45, 7) is 7.12. The first-order valence-electron chi connectivity index (χ1n) is 8.17. The molecule has 1 atom stereocenters. The maximum absolute atomic E-state index is 6.32. The van der Waals surface area contributed by atoms with E-state index >= 15 is 0 Å². The molecule has 0 aliphatic heterocycles. The Balaban J connectivity index is 1.90. The van der Waals surface area contributed by atoms with Crippen molar-refractivity contribution in [1.29, 1.82) is 0 Å². The van der Waals surface area contributed by atoms with E-state index in [1.54, 1.807) is 0 Å². The molecule has 2 rings (SSSR count). The molecule has 0 bridgehead atoms. The summed E-state index contributed by atoms with van der Waals surface area (Å²) in [6, 6.07) is 17.1. The third kappa shape index (κ3) is 4.60. The van der Waals surface area contributed by atoms with Gasteiger partial charge in [0.15, 0.2) is 0 Å². The molecule has 0 amide bonds. The second-order valence-corrected chi connectivity index (χ2v) is 6.04. The Kier molecular flexibility index (Phi) is 6.02. The highest BCUT2D eigenvalue weighted by Crippen LogP contribution is 2.21. The molecule has 22 heavy (non-hydrogen) atoms. The van der Waals surface area contributed by atoms with Crippen LogP contribution in [0.5, 0.6) is 5.75 Å². The van der Waals surface area contributed by atoms with Gasteiger partial charge in [0.2, 0.25) is 0 Å². The van der Waals surface area contributed by atoms with E-state index in [4.69, 9.17) is 10.5 Å². The summed E-state index contributed by atoms with van der Waals surface area (Å²) < 4.78 is 5.46. The van der Waals surface area contributed by atoms with E-state index in [0.29, 0.717) is 12.5 Å². The van der Waals surface area contributed by atoms with Crippen LogP contribution in [0.25, 0.3) is 0 Å². The average Bonchev–Trinajstić information content (AvgIpc) is 2.54. The molecule has 2 aromatic rings. The van der Waals surface area contributed by atoms with E-state index in [1.165, 1.54) is 16.7 Å². The average molecular weight is 297 g/mol. The normalized spacial score (nSPS) is 12.4. The lowest BCUT2D eigenvalue weighted by molar-refractivity contribution is 0.340.